The third-order valence-corrected chi connectivity index (χ3v) is 4.98. The molecule has 0 bridgehead atoms. The van der Waals surface area contributed by atoms with Crippen molar-refractivity contribution in [2.75, 3.05) is 25.1 Å². The van der Waals surface area contributed by atoms with Gasteiger partial charge < -0.3 is 19.5 Å². The predicted octanol–water partition coefficient (Wildman–Crippen LogP) is 5.33. The molecule has 1 aliphatic heterocycles. The summed E-state index contributed by atoms with van der Waals surface area (Å²) in [6.45, 7) is 1.10. The lowest BCUT2D eigenvalue weighted by Crippen LogP contribution is -2.20. The van der Waals surface area contributed by atoms with Crippen molar-refractivity contribution in [1.29, 1.82) is 0 Å². The Bertz CT molecular complexity index is 789. The highest BCUT2D eigenvalue weighted by Gasteiger charge is 2.16. The average Bonchev–Trinajstić information content (AvgIpc) is 3.13. The number of nitrogens with one attached hydrogen (secondary N) is 1. The number of rotatable bonds is 7. The Labute approximate surface area is 176 Å². The molecule has 1 aliphatic rings. The van der Waals surface area contributed by atoms with E-state index in [0.29, 0.717) is 38.3 Å². The number of hydrogen-bond acceptors (Lipinski definition) is 4. The Morgan fingerprint density at radius 3 is 2.85 bits per heavy atom. The van der Waals surface area contributed by atoms with Crippen molar-refractivity contribution in [3.05, 3.63) is 50.9 Å². The molecule has 1 N–H and O–H groups in total. The summed E-state index contributed by atoms with van der Waals surface area (Å²) in [4.78, 5) is 12.2. The van der Waals surface area contributed by atoms with Crippen LogP contribution in [-0.2, 0) is 9.53 Å². The monoisotopic (exact) mass is 473 g/mol. The first-order chi connectivity index (χ1) is 13.0. The maximum absolute atomic E-state index is 12.2. The fourth-order valence-corrected chi connectivity index (χ4v) is 4.00. The molecule has 1 heterocycles. The van der Waals surface area contributed by atoms with Gasteiger partial charge in [-0.1, -0.05) is 29.3 Å². The van der Waals surface area contributed by atoms with E-state index in [2.05, 4.69) is 21.2 Å². The lowest BCUT2D eigenvalue weighted by Gasteiger charge is -2.13. The molecule has 0 aliphatic carbocycles. The normalized spacial score (nSPS) is 16.2. The molecule has 27 heavy (non-hydrogen) atoms. The second-order valence-electron chi connectivity index (χ2n) is 6.01. The fourth-order valence-electron chi connectivity index (χ4n) is 2.63. The summed E-state index contributed by atoms with van der Waals surface area (Å²) < 4.78 is 17.4. The SMILES string of the molecule is O=C(COc1c(Cl)cc(Cl)cc1Br)Nc1cccc(OCC2CCCO2)c1. The minimum atomic E-state index is -0.316. The minimum Gasteiger partial charge on any atom is -0.491 e. The molecule has 144 valence electrons. The molecule has 2 aromatic carbocycles. The van der Waals surface area contributed by atoms with Gasteiger partial charge in [-0.3, -0.25) is 4.79 Å². The number of benzene rings is 2. The van der Waals surface area contributed by atoms with Crippen LogP contribution in [0.1, 0.15) is 12.8 Å². The first kappa shape index (κ1) is 20.3. The van der Waals surface area contributed by atoms with Crippen LogP contribution < -0.4 is 14.8 Å². The van der Waals surface area contributed by atoms with Crippen molar-refractivity contribution in [1.82, 2.24) is 0 Å². The van der Waals surface area contributed by atoms with Gasteiger partial charge in [0.25, 0.3) is 5.91 Å². The Balaban J connectivity index is 1.52. The number of hydrogen-bond donors (Lipinski definition) is 1. The second-order valence-corrected chi connectivity index (χ2v) is 7.71. The average molecular weight is 475 g/mol. The van der Waals surface area contributed by atoms with E-state index in [0.717, 1.165) is 19.4 Å². The molecular formula is C19H18BrCl2NO4. The third kappa shape index (κ3) is 6.01. The van der Waals surface area contributed by atoms with E-state index in [9.17, 15) is 4.79 Å². The van der Waals surface area contributed by atoms with E-state index in [1.165, 1.54) is 0 Å². The van der Waals surface area contributed by atoms with Gasteiger partial charge in [-0.15, -0.1) is 0 Å². The van der Waals surface area contributed by atoms with E-state index >= 15 is 0 Å². The van der Waals surface area contributed by atoms with Crippen LogP contribution in [-0.4, -0.2) is 31.8 Å². The van der Waals surface area contributed by atoms with Crippen molar-refractivity contribution in [2.45, 2.75) is 18.9 Å². The van der Waals surface area contributed by atoms with Crippen LogP contribution in [0.5, 0.6) is 11.5 Å². The van der Waals surface area contributed by atoms with Gasteiger partial charge in [-0.25, -0.2) is 0 Å². The van der Waals surface area contributed by atoms with Crippen molar-refractivity contribution >= 4 is 50.7 Å². The van der Waals surface area contributed by atoms with Crippen LogP contribution in [0.15, 0.2) is 40.9 Å². The van der Waals surface area contributed by atoms with Gasteiger partial charge in [0.05, 0.1) is 15.6 Å². The Hall–Kier alpha value is -1.47. The number of amides is 1. The molecule has 0 saturated carbocycles. The molecule has 1 atom stereocenters. The molecule has 0 spiro atoms. The van der Waals surface area contributed by atoms with Crippen LogP contribution in [0.3, 0.4) is 0 Å². The quantitative estimate of drug-likeness (QED) is 0.589. The van der Waals surface area contributed by atoms with Crippen LogP contribution >= 0.6 is 39.1 Å². The summed E-state index contributed by atoms with van der Waals surface area (Å²) in [6, 6.07) is 10.4. The molecule has 1 amide bonds. The lowest BCUT2D eigenvalue weighted by atomic mass is 10.2. The van der Waals surface area contributed by atoms with Crippen molar-refractivity contribution in [3.8, 4) is 11.5 Å². The van der Waals surface area contributed by atoms with E-state index in [1.54, 1.807) is 24.3 Å². The molecule has 0 radical (unpaired) electrons. The molecule has 0 aromatic heterocycles. The van der Waals surface area contributed by atoms with Crippen LogP contribution in [0.2, 0.25) is 10.0 Å². The van der Waals surface area contributed by atoms with E-state index in [-0.39, 0.29) is 18.6 Å². The predicted molar refractivity (Wildman–Crippen MR) is 109 cm³/mol. The molecule has 1 unspecified atom stereocenters. The summed E-state index contributed by atoms with van der Waals surface area (Å²) in [5.74, 6) is 0.724. The number of carbonyl (C=O) groups is 1. The maximum atomic E-state index is 12.2. The van der Waals surface area contributed by atoms with Crippen LogP contribution in [0, 0.1) is 0 Å². The second kappa shape index (κ2) is 9.64. The molecule has 8 heteroatoms. The maximum Gasteiger partial charge on any atom is 0.262 e. The van der Waals surface area contributed by atoms with Gasteiger partial charge in [0.1, 0.15) is 12.4 Å². The van der Waals surface area contributed by atoms with Gasteiger partial charge >= 0.3 is 0 Å². The zero-order chi connectivity index (χ0) is 19.2. The topological polar surface area (TPSA) is 56.8 Å². The molecule has 1 fully saturated rings. The van der Waals surface area contributed by atoms with Crippen molar-refractivity contribution < 1.29 is 19.0 Å². The third-order valence-electron chi connectivity index (χ3n) is 3.89. The first-order valence-electron chi connectivity index (χ1n) is 8.43. The van der Waals surface area contributed by atoms with Gasteiger partial charge in [0, 0.05) is 23.4 Å². The van der Waals surface area contributed by atoms with E-state index in [4.69, 9.17) is 37.4 Å². The van der Waals surface area contributed by atoms with Crippen molar-refractivity contribution in [3.63, 3.8) is 0 Å². The number of ether oxygens (including phenoxy) is 3. The first-order valence-corrected chi connectivity index (χ1v) is 9.98. The van der Waals surface area contributed by atoms with Crippen molar-refractivity contribution in [2.24, 2.45) is 0 Å². The molecule has 2 aromatic rings. The van der Waals surface area contributed by atoms with Gasteiger partial charge in [0.2, 0.25) is 0 Å². The zero-order valence-electron chi connectivity index (χ0n) is 14.3. The highest BCUT2D eigenvalue weighted by atomic mass is 79.9. The summed E-state index contributed by atoms with van der Waals surface area (Å²) in [5, 5.41) is 3.57. The fraction of sp³-hybridized carbons (Fsp3) is 0.316. The minimum absolute atomic E-state index is 0.138. The molecule has 5 nitrogen and oxygen atoms in total. The standard InChI is InChI=1S/C19H18BrCl2NO4/c20-16-7-12(21)8-17(22)19(16)27-11-18(24)23-13-3-1-4-14(9-13)26-10-15-5-2-6-25-15/h1,3-4,7-9,15H,2,5-6,10-11H2,(H,23,24). The molecule has 1 saturated heterocycles. The van der Waals surface area contributed by atoms with Gasteiger partial charge in [-0.2, -0.15) is 0 Å². The highest BCUT2D eigenvalue weighted by Crippen LogP contribution is 2.36. The van der Waals surface area contributed by atoms with Crippen LogP contribution in [0.25, 0.3) is 0 Å². The largest absolute Gasteiger partial charge is 0.491 e. The van der Waals surface area contributed by atoms with E-state index < -0.39 is 0 Å². The number of halogens is 3. The summed E-state index contributed by atoms with van der Waals surface area (Å²) in [7, 11) is 0. The summed E-state index contributed by atoms with van der Waals surface area (Å²) >= 11 is 15.3. The van der Waals surface area contributed by atoms with Crippen LogP contribution in [0.4, 0.5) is 5.69 Å². The Morgan fingerprint density at radius 2 is 2.11 bits per heavy atom. The lowest BCUT2D eigenvalue weighted by molar-refractivity contribution is -0.118. The molecular weight excluding hydrogens is 457 g/mol. The smallest absolute Gasteiger partial charge is 0.262 e. The van der Waals surface area contributed by atoms with Gasteiger partial charge in [0.15, 0.2) is 12.4 Å². The Kier molecular flexibility index (Phi) is 7.24. The van der Waals surface area contributed by atoms with E-state index in [1.807, 2.05) is 12.1 Å². The molecule has 3 rings (SSSR count). The van der Waals surface area contributed by atoms with Gasteiger partial charge in [-0.05, 0) is 53.0 Å². The summed E-state index contributed by atoms with van der Waals surface area (Å²) in [5.41, 5.74) is 0.620. The number of anilines is 1. The Morgan fingerprint density at radius 1 is 1.26 bits per heavy atom. The summed E-state index contributed by atoms with van der Waals surface area (Å²) in [6.07, 6.45) is 2.22. The highest BCUT2D eigenvalue weighted by molar-refractivity contribution is 9.10. The number of carbonyl (C=O) groups excluding carboxylic acids is 1. The zero-order valence-corrected chi connectivity index (χ0v) is 17.4.